The molecule has 0 aliphatic carbocycles. The van der Waals surface area contributed by atoms with E-state index >= 15 is 0 Å². The highest BCUT2D eigenvalue weighted by Gasteiger charge is 2.27. The maximum atomic E-state index is 12.3. The van der Waals surface area contributed by atoms with Crippen molar-refractivity contribution in [2.75, 3.05) is 20.2 Å². The van der Waals surface area contributed by atoms with Crippen LogP contribution in [0.1, 0.15) is 25.8 Å². The Kier molecular flexibility index (Phi) is 5.01. The van der Waals surface area contributed by atoms with Crippen LogP contribution in [0.3, 0.4) is 0 Å². The summed E-state index contributed by atoms with van der Waals surface area (Å²) < 4.78 is 5.21. The number of benzene rings is 1. The van der Waals surface area contributed by atoms with Crippen molar-refractivity contribution in [2.24, 2.45) is 0 Å². The second-order valence-corrected chi connectivity index (χ2v) is 5.42. The van der Waals surface area contributed by atoms with Gasteiger partial charge < -0.3 is 15.0 Å². The number of hydrogen-bond acceptors (Lipinski definition) is 3. The Morgan fingerprint density at radius 2 is 2.25 bits per heavy atom. The van der Waals surface area contributed by atoms with Gasteiger partial charge in [-0.3, -0.25) is 4.79 Å². The van der Waals surface area contributed by atoms with E-state index in [1.807, 2.05) is 29.2 Å². The molecule has 0 radical (unpaired) electrons. The average molecular weight is 276 g/mol. The third kappa shape index (κ3) is 3.51. The van der Waals surface area contributed by atoms with Crippen LogP contribution >= 0.6 is 0 Å². The molecular formula is C16H24N2O2. The highest BCUT2D eigenvalue weighted by Crippen LogP contribution is 2.16. The molecular weight excluding hydrogens is 252 g/mol. The Morgan fingerprint density at radius 3 is 3.00 bits per heavy atom. The van der Waals surface area contributed by atoms with Crippen LogP contribution in [0.5, 0.6) is 5.75 Å². The van der Waals surface area contributed by atoms with E-state index in [4.69, 9.17) is 4.74 Å². The van der Waals surface area contributed by atoms with Gasteiger partial charge in [-0.25, -0.2) is 0 Å². The first-order valence-electron chi connectivity index (χ1n) is 7.27. The minimum absolute atomic E-state index is 0.244. The lowest BCUT2D eigenvalue weighted by Crippen LogP contribution is -2.57. The molecule has 2 unspecified atom stereocenters. The summed E-state index contributed by atoms with van der Waals surface area (Å²) in [6.45, 7) is 5.94. The third-order valence-electron chi connectivity index (χ3n) is 4.12. The van der Waals surface area contributed by atoms with Gasteiger partial charge in [-0.2, -0.15) is 0 Å². The molecule has 1 aliphatic rings. The number of nitrogens with one attached hydrogen (secondary N) is 1. The van der Waals surface area contributed by atoms with Crippen LogP contribution in [-0.4, -0.2) is 43.1 Å². The molecule has 20 heavy (non-hydrogen) atoms. The van der Waals surface area contributed by atoms with Crippen molar-refractivity contribution in [1.82, 2.24) is 10.2 Å². The fourth-order valence-electron chi connectivity index (χ4n) is 2.63. The highest BCUT2D eigenvalue weighted by atomic mass is 16.5. The van der Waals surface area contributed by atoms with Crippen molar-refractivity contribution in [1.29, 1.82) is 0 Å². The Balaban J connectivity index is 1.91. The number of methoxy groups -OCH3 is 1. The van der Waals surface area contributed by atoms with E-state index in [9.17, 15) is 4.79 Å². The molecule has 4 nitrogen and oxygen atoms in total. The van der Waals surface area contributed by atoms with Gasteiger partial charge in [-0.1, -0.05) is 12.1 Å². The van der Waals surface area contributed by atoms with Crippen molar-refractivity contribution in [3.8, 4) is 5.75 Å². The van der Waals surface area contributed by atoms with Crippen LogP contribution in [0.2, 0.25) is 0 Å². The molecule has 0 bridgehead atoms. The van der Waals surface area contributed by atoms with Crippen molar-refractivity contribution in [3.05, 3.63) is 29.8 Å². The fraction of sp³-hybridized carbons (Fsp3) is 0.562. The fourth-order valence-corrected chi connectivity index (χ4v) is 2.63. The number of carbonyl (C=O) groups is 1. The monoisotopic (exact) mass is 276 g/mol. The quantitative estimate of drug-likeness (QED) is 0.912. The number of aryl methyl sites for hydroxylation is 1. The number of ether oxygens (including phenoxy) is 1. The molecule has 1 heterocycles. The smallest absolute Gasteiger partial charge is 0.223 e. The topological polar surface area (TPSA) is 41.6 Å². The van der Waals surface area contributed by atoms with Crippen LogP contribution < -0.4 is 10.1 Å². The zero-order valence-electron chi connectivity index (χ0n) is 12.6. The van der Waals surface area contributed by atoms with Crippen molar-refractivity contribution in [2.45, 2.75) is 38.8 Å². The lowest BCUT2D eigenvalue weighted by Gasteiger charge is -2.38. The Hall–Kier alpha value is -1.55. The largest absolute Gasteiger partial charge is 0.497 e. The number of carbonyl (C=O) groups excluding carboxylic acids is 1. The van der Waals surface area contributed by atoms with Gasteiger partial charge in [0.2, 0.25) is 5.91 Å². The number of hydrogen-bond donors (Lipinski definition) is 1. The number of rotatable bonds is 4. The van der Waals surface area contributed by atoms with Crippen LogP contribution in [0, 0.1) is 0 Å². The lowest BCUT2D eigenvalue weighted by molar-refractivity contribution is -0.134. The molecule has 1 fully saturated rings. The zero-order valence-corrected chi connectivity index (χ0v) is 12.6. The number of nitrogens with zero attached hydrogens (tertiary/aromatic N) is 1. The van der Waals surface area contributed by atoms with E-state index in [1.165, 1.54) is 0 Å². The molecule has 110 valence electrons. The first-order valence-corrected chi connectivity index (χ1v) is 7.27. The maximum absolute atomic E-state index is 12.3. The second kappa shape index (κ2) is 6.75. The van der Waals surface area contributed by atoms with Gasteiger partial charge in [-0.15, -0.1) is 0 Å². The molecule has 1 amide bonds. The molecule has 2 rings (SSSR count). The Labute approximate surface area is 121 Å². The van der Waals surface area contributed by atoms with Crippen molar-refractivity contribution >= 4 is 5.91 Å². The van der Waals surface area contributed by atoms with E-state index in [1.54, 1.807) is 7.11 Å². The van der Waals surface area contributed by atoms with E-state index < -0.39 is 0 Å². The Morgan fingerprint density at radius 1 is 1.45 bits per heavy atom. The molecule has 0 saturated carbocycles. The predicted octanol–water partition coefficient (Wildman–Crippen LogP) is 1.84. The van der Waals surface area contributed by atoms with E-state index in [0.717, 1.165) is 30.8 Å². The maximum Gasteiger partial charge on any atom is 0.223 e. The van der Waals surface area contributed by atoms with Gasteiger partial charge in [0, 0.05) is 31.6 Å². The normalized spacial score (nSPS) is 22.6. The third-order valence-corrected chi connectivity index (χ3v) is 4.12. The first-order chi connectivity index (χ1) is 9.61. The predicted molar refractivity (Wildman–Crippen MR) is 80.0 cm³/mol. The molecule has 1 N–H and O–H groups in total. The van der Waals surface area contributed by atoms with Gasteiger partial charge >= 0.3 is 0 Å². The summed E-state index contributed by atoms with van der Waals surface area (Å²) in [6.07, 6.45) is 1.32. The standard InChI is InChI=1S/C16H24N2O2/c1-12-13(2)18(10-9-17-12)16(19)8-7-14-5-4-6-15(11-14)20-3/h4-6,11-13,17H,7-10H2,1-3H3. The highest BCUT2D eigenvalue weighted by molar-refractivity contribution is 5.77. The molecule has 1 aliphatic heterocycles. The average Bonchev–Trinajstić information content (AvgIpc) is 2.48. The minimum atomic E-state index is 0.244. The first kappa shape index (κ1) is 14.9. The van der Waals surface area contributed by atoms with Gasteiger partial charge in [0.15, 0.2) is 0 Å². The minimum Gasteiger partial charge on any atom is -0.497 e. The van der Waals surface area contributed by atoms with E-state index in [-0.39, 0.29) is 11.9 Å². The van der Waals surface area contributed by atoms with Crippen LogP contribution in [-0.2, 0) is 11.2 Å². The van der Waals surface area contributed by atoms with Crippen molar-refractivity contribution in [3.63, 3.8) is 0 Å². The van der Waals surface area contributed by atoms with Crippen LogP contribution in [0.15, 0.2) is 24.3 Å². The summed E-state index contributed by atoms with van der Waals surface area (Å²) in [4.78, 5) is 14.4. The summed E-state index contributed by atoms with van der Waals surface area (Å²) in [7, 11) is 1.66. The summed E-state index contributed by atoms with van der Waals surface area (Å²) in [5.74, 6) is 1.09. The zero-order chi connectivity index (χ0) is 14.5. The summed E-state index contributed by atoms with van der Waals surface area (Å²) in [5.41, 5.74) is 1.15. The SMILES string of the molecule is COc1cccc(CCC(=O)N2CCNC(C)C2C)c1. The molecule has 4 heteroatoms. The molecule has 1 saturated heterocycles. The van der Waals surface area contributed by atoms with Crippen LogP contribution in [0.4, 0.5) is 0 Å². The molecule has 2 atom stereocenters. The summed E-state index contributed by atoms with van der Waals surface area (Å²) >= 11 is 0. The van der Waals surface area contributed by atoms with Gasteiger partial charge in [-0.05, 0) is 38.0 Å². The molecule has 1 aromatic carbocycles. The molecule has 0 aromatic heterocycles. The lowest BCUT2D eigenvalue weighted by atomic mass is 10.0. The Bertz CT molecular complexity index is 462. The molecule has 1 aromatic rings. The summed E-state index contributed by atoms with van der Waals surface area (Å²) in [6, 6.07) is 8.56. The van der Waals surface area contributed by atoms with Crippen LogP contribution in [0.25, 0.3) is 0 Å². The van der Waals surface area contributed by atoms with Gasteiger partial charge in [0.05, 0.1) is 7.11 Å². The van der Waals surface area contributed by atoms with E-state index in [2.05, 4.69) is 19.2 Å². The number of piperazine rings is 1. The van der Waals surface area contributed by atoms with E-state index in [0.29, 0.717) is 12.5 Å². The summed E-state index contributed by atoms with van der Waals surface area (Å²) in [5, 5.41) is 3.40. The second-order valence-electron chi connectivity index (χ2n) is 5.42. The van der Waals surface area contributed by atoms with Gasteiger partial charge in [0.1, 0.15) is 5.75 Å². The number of amides is 1. The van der Waals surface area contributed by atoms with Gasteiger partial charge in [0.25, 0.3) is 0 Å². The molecule has 0 spiro atoms. The van der Waals surface area contributed by atoms with Crippen molar-refractivity contribution < 1.29 is 9.53 Å².